The maximum Gasteiger partial charge on any atom is 0.425 e. The smallest absolute Gasteiger partial charge is 0.206 e. The third kappa shape index (κ3) is 2.87. The Hall–Kier alpha value is -0.600. The zero-order valence-corrected chi connectivity index (χ0v) is 12.8. The van der Waals surface area contributed by atoms with Crippen LogP contribution in [-0.2, 0) is 16.2 Å². The van der Waals surface area contributed by atoms with Crippen molar-refractivity contribution in [2.75, 3.05) is 6.54 Å². The van der Waals surface area contributed by atoms with Crippen molar-refractivity contribution in [3.05, 3.63) is 17.0 Å². The van der Waals surface area contributed by atoms with Crippen LogP contribution in [0.3, 0.4) is 0 Å². The van der Waals surface area contributed by atoms with Crippen molar-refractivity contribution in [3.8, 4) is 0 Å². The molecule has 1 saturated heterocycles. The molecule has 1 aliphatic heterocycles. The fourth-order valence-corrected chi connectivity index (χ4v) is 5.43. The Kier molecular flexibility index (Phi) is 4.19. The lowest BCUT2D eigenvalue weighted by Crippen LogP contribution is -2.45. The van der Waals surface area contributed by atoms with Crippen molar-refractivity contribution < 1.29 is 21.6 Å². The lowest BCUT2D eigenvalue weighted by molar-refractivity contribution is -0.134. The molecule has 20 heavy (non-hydrogen) atoms. The second-order valence-electron chi connectivity index (χ2n) is 5.09. The van der Waals surface area contributed by atoms with E-state index in [1.54, 1.807) is 6.92 Å². The number of hydrogen-bond donors (Lipinski definition) is 0. The summed E-state index contributed by atoms with van der Waals surface area (Å²) in [6.07, 6.45) is -2.83. The number of hydrogen-bond acceptors (Lipinski definition) is 3. The van der Waals surface area contributed by atoms with Crippen LogP contribution in [0.15, 0.2) is 16.3 Å². The standard InChI is InChI=1S/C12H16F3NO2S2/c1-8-4-3-7-16(9(8)2)20(17,18)11-6-5-10(19-11)12(13,14)15/h5-6,8-9H,3-4,7H2,1-2H3. The third-order valence-corrected chi connectivity index (χ3v) is 7.32. The molecule has 1 aromatic heterocycles. The normalized spacial score (nSPS) is 25.9. The van der Waals surface area contributed by atoms with Gasteiger partial charge in [0.15, 0.2) is 0 Å². The highest BCUT2D eigenvalue weighted by Gasteiger charge is 2.38. The van der Waals surface area contributed by atoms with Crippen LogP contribution >= 0.6 is 11.3 Å². The van der Waals surface area contributed by atoms with Crippen molar-refractivity contribution in [2.45, 2.75) is 43.1 Å². The lowest BCUT2D eigenvalue weighted by atomic mass is 9.94. The third-order valence-electron chi connectivity index (χ3n) is 3.74. The summed E-state index contributed by atoms with van der Waals surface area (Å²) in [7, 11) is -3.83. The first-order valence-corrected chi connectivity index (χ1v) is 8.58. The lowest BCUT2D eigenvalue weighted by Gasteiger charge is -2.36. The molecule has 0 saturated carbocycles. The van der Waals surface area contributed by atoms with E-state index in [9.17, 15) is 21.6 Å². The van der Waals surface area contributed by atoms with Gasteiger partial charge in [0.25, 0.3) is 10.0 Å². The van der Waals surface area contributed by atoms with Crippen LogP contribution in [0.2, 0.25) is 0 Å². The Morgan fingerprint density at radius 3 is 2.50 bits per heavy atom. The molecular weight excluding hydrogens is 311 g/mol. The summed E-state index contributed by atoms with van der Waals surface area (Å²) in [4.78, 5) is -0.881. The van der Waals surface area contributed by atoms with Crippen LogP contribution in [0.5, 0.6) is 0 Å². The minimum atomic E-state index is -4.50. The molecule has 0 radical (unpaired) electrons. The zero-order valence-electron chi connectivity index (χ0n) is 11.1. The largest absolute Gasteiger partial charge is 0.425 e. The van der Waals surface area contributed by atoms with E-state index in [2.05, 4.69) is 0 Å². The molecule has 1 aliphatic rings. The van der Waals surface area contributed by atoms with Gasteiger partial charge in [-0.25, -0.2) is 8.42 Å². The Balaban J connectivity index is 2.33. The number of alkyl halides is 3. The Morgan fingerprint density at radius 1 is 1.30 bits per heavy atom. The molecule has 0 spiro atoms. The summed E-state index contributed by atoms with van der Waals surface area (Å²) in [5.74, 6) is 0.209. The van der Waals surface area contributed by atoms with Gasteiger partial charge in [0.1, 0.15) is 9.09 Å². The first kappa shape index (κ1) is 15.8. The first-order valence-electron chi connectivity index (χ1n) is 6.33. The predicted octanol–water partition coefficient (Wildman–Crippen LogP) is 3.58. The van der Waals surface area contributed by atoms with Crippen LogP contribution < -0.4 is 0 Å². The number of thiophene rings is 1. The molecule has 0 N–H and O–H groups in total. The summed E-state index contributed by atoms with van der Waals surface area (Å²) in [6, 6.07) is 1.69. The van der Waals surface area contributed by atoms with Gasteiger partial charge in [-0.15, -0.1) is 11.3 Å². The number of nitrogens with zero attached hydrogens (tertiary/aromatic N) is 1. The van der Waals surface area contributed by atoms with Crippen molar-refractivity contribution in [1.29, 1.82) is 0 Å². The molecule has 2 rings (SSSR count). The van der Waals surface area contributed by atoms with Crippen LogP contribution in [0.1, 0.15) is 31.6 Å². The Morgan fingerprint density at radius 2 is 1.95 bits per heavy atom. The van der Waals surface area contributed by atoms with Gasteiger partial charge in [0, 0.05) is 12.6 Å². The van der Waals surface area contributed by atoms with E-state index in [0.717, 1.165) is 25.0 Å². The van der Waals surface area contributed by atoms with Crippen molar-refractivity contribution >= 4 is 21.4 Å². The van der Waals surface area contributed by atoms with Gasteiger partial charge in [0.05, 0.1) is 0 Å². The molecule has 2 unspecified atom stereocenters. The van der Waals surface area contributed by atoms with E-state index in [1.807, 2.05) is 6.92 Å². The predicted molar refractivity (Wildman–Crippen MR) is 71.1 cm³/mol. The topological polar surface area (TPSA) is 37.4 Å². The van der Waals surface area contributed by atoms with E-state index < -0.39 is 21.1 Å². The van der Waals surface area contributed by atoms with E-state index in [4.69, 9.17) is 0 Å². The summed E-state index contributed by atoms with van der Waals surface area (Å²) < 4.78 is 63.7. The Bertz CT molecular complexity index is 580. The van der Waals surface area contributed by atoms with Crippen LogP contribution in [0.4, 0.5) is 13.2 Å². The average Bonchev–Trinajstić information content (AvgIpc) is 2.82. The first-order chi connectivity index (χ1) is 9.14. The molecule has 0 amide bonds. The van der Waals surface area contributed by atoms with E-state index in [0.29, 0.717) is 6.54 Å². The fraction of sp³-hybridized carbons (Fsp3) is 0.667. The second-order valence-corrected chi connectivity index (χ2v) is 8.29. The molecule has 8 heteroatoms. The number of sulfonamides is 1. The van der Waals surface area contributed by atoms with Crippen molar-refractivity contribution in [1.82, 2.24) is 4.31 Å². The van der Waals surface area contributed by atoms with Crippen molar-refractivity contribution in [3.63, 3.8) is 0 Å². The highest BCUT2D eigenvalue weighted by molar-refractivity contribution is 7.91. The van der Waals surface area contributed by atoms with Gasteiger partial charge in [-0.1, -0.05) is 6.92 Å². The highest BCUT2D eigenvalue weighted by atomic mass is 32.2. The van der Waals surface area contributed by atoms with Gasteiger partial charge in [-0.05, 0) is 37.8 Å². The molecule has 1 fully saturated rings. The fourth-order valence-electron chi connectivity index (χ4n) is 2.36. The summed E-state index contributed by atoms with van der Waals surface area (Å²) >= 11 is 0.289. The average molecular weight is 327 g/mol. The number of rotatable bonds is 2. The monoisotopic (exact) mass is 327 g/mol. The van der Waals surface area contributed by atoms with Gasteiger partial charge >= 0.3 is 6.18 Å². The SMILES string of the molecule is CC1CCCN(S(=O)(=O)c2ccc(C(F)(F)F)s2)C1C. The quantitative estimate of drug-likeness (QED) is 0.833. The van der Waals surface area contributed by atoms with E-state index in [-0.39, 0.29) is 27.5 Å². The van der Waals surface area contributed by atoms with Gasteiger partial charge in [-0.3, -0.25) is 0 Å². The second kappa shape index (κ2) is 5.31. The highest BCUT2D eigenvalue weighted by Crippen LogP contribution is 2.38. The molecule has 2 atom stereocenters. The maximum atomic E-state index is 12.6. The maximum absolute atomic E-state index is 12.6. The molecule has 0 aliphatic carbocycles. The summed E-state index contributed by atoms with van der Waals surface area (Å²) in [5, 5.41) is 0. The minimum absolute atomic E-state index is 0.190. The van der Waals surface area contributed by atoms with Gasteiger partial charge in [-0.2, -0.15) is 17.5 Å². The van der Waals surface area contributed by atoms with Gasteiger partial charge < -0.3 is 0 Å². The molecule has 0 aromatic carbocycles. The summed E-state index contributed by atoms with van der Waals surface area (Å²) in [6.45, 7) is 4.13. The van der Waals surface area contributed by atoms with Crippen LogP contribution in [0, 0.1) is 5.92 Å². The van der Waals surface area contributed by atoms with Crippen LogP contribution in [-0.4, -0.2) is 25.3 Å². The molecule has 1 aromatic rings. The van der Waals surface area contributed by atoms with Crippen LogP contribution in [0.25, 0.3) is 0 Å². The number of piperidine rings is 1. The molecule has 3 nitrogen and oxygen atoms in total. The zero-order chi connectivity index (χ0) is 15.1. The molecule has 2 heterocycles. The molecule has 114 valence electrons. The van der Waals surface area contributed by atoms with E-state index in [1.165, 1.54) is 4.31 Å². The van der Waals surface area contributed by atoms with E-state index >= 15 is 0 Å². The summed E-state index contributed by atoms with van der Waals surface area (Å²) in [5.41, 5.74) is 0. The molecule has 0 bridgehead atoms. The number of halogens is 3. The Labute approximate surface area is 120 Å². The molecular formula is C12H16F3NO2S2. The van der Waals surface area contributed by atoms with Crippen molar-refractivity contribution in [2.24, 2.45) is 5.92 Å². The minimum Gasteiger partial charge on any atom is -0.206 e. The van der Waals surface area contributed by atoms with Gasteiger partial charge in [0.2, 0.25) is 0 Å².